The molecule has 1 atom stereocenters. The zero-order chi connectivity index (χ0) is 22.7. The highest BCUT2D eigenvalue weighted by Gasteiger charge is 2.26. The molecule has 5 nitrogen and oxygen atoms in total. The van der Waals surface area contributed by atoms with Crippen LogP contribution in [0, 0.1) is 6.92 Å². The van der Waals surface area contributed by atoms with Crippen LogP contribution in [0.5, 0.6) is 0 Å². The highest BCUT2D eigenvalue weighted by molar-refractivity contribution is 6.00. The highest BCUT2D eigenvalue weighted by atomic mass is 16.5. The summed E-state index contributed by atoms with van der Waals surface area (Å²) < 4.78 is 5.11. The molecule has 164 valence electrons. The summed E-state index contributed by atoms with van der Waals surface area (Å²) >= 11 is 0. The molecule has 0 aromatic heterocycles. The van der Waals surface area contributed by atoms with Crippen LogP contribution < -0.4 is 0 Å². The van der Waals surface area contributed by atoms with E-state index in [0.717, 1.165) is 16.7 Å². The molecule has 0 radical (unpaired) electrons. The number of hydrogen-bond donors (Lipinski definition) is 1. The monoisotopic (exact) mass is 413 g/mol. The molecule has 0 aliphatic carbocycles. The first-order chi connectivity index (χ1) is 14.5. The van der Waals surface area contributed by atoms with E-state index < -0.39 is 12.1 Å². The molecule has 1 saturated heterocycles. The largest absolute Gasteiger partial charge is 0.462 e. The highest BCUT2D eigenvalue weighted by Crippen LogP contribution is 2.25. The maximum atomic E-state index is 12.8. The number of aryl methyl sites for hydroxylation is 1. The Kier molecular flexibility index (Phi) is 10.8. The van der Waals surface area contributed by atoms with Crippen molar-refractivity contribution in [2.45, 2.75) is 54.1 Å². The number of rotatable bonds is 4. The van der Waals surface area contributed by atoms with Gasteiger partial charge in [0.2, 0.25) is 0 Å². The number of likely N-dealkylation sites (tertiary alicyclic amines) is 1. The van der Waals surface area contributed by atoms with Crippen LogP contribution in [0.2, 0.25) is 0 Å². The van der Waals surface area contributed by atoms with Gasteiger partial charge in [0.05, 0.1) is 18.3 Å². The van der Waals surface area contributed by atoms with Crippen molar-refractivity contribution in [3.63, 3.8) is 0 Å². The second kappa shape index (κ2) is 12.8. The zero-order valence-corrected chi connectivity index (χ0v) is 19.1. The second-order valence-corrected chi connectivity index (χ2v) is 6.58. The number of hydrogen-bond acceptors (Lipinski definition) is 4. The number of carbonyl (C=O) groups excluding carboxylic acids is 2. The van der Waals surface area contributed by atoms with Crippen molar-refractivity contribution >= 4 is 11.9 Å². The lowest BCUT2D eigenvalue weighted by Crippen LogP contribution is -2.29. The van der Waals surface area contributed by atoms with Crippen LogP contribution in [0.25, 0.3) is 11.1 Å². The van der Waals surface area contributed by atoms with Crippen molar-refractivity contribution in [3.8, 4) is 11.1 Å². The molecule has 1 heterocycles. The van der Waals surface area contributed by atoms with E-state index in [0.29, 0.717) is 30.6 Å². The number of β-amino-alcohol motifs (C(OH)–C–C–N with tert-alkyl or cyclic N) is 1. The summed E-state index contributed by atoms with van der Waals surface area (Å²) in [4.78, 5) is 26.7. The lowest BCUT2D eigenvalue weighted by Gasteiger charge is -2.17. The third kappa shape index (κ3) is 6.70. The Hall–Kier alpha value is -2.66. The number of esters is 1. The van der Waals surface area contributed by atoms with Crippen molar-refractivity contribution < 1.29 is 19.4 Å². The summed E-state index contributed by atoms with van der Waals surface area (Å²) in [7, 11) is 0. The van der Waals surface area contributed by atoms with E-state index in [1.165, 1.54) is 0 Å². The Morgan fingerprint density at radius 3 is 2.13 bits per heavy atom. The van der Waals surface area contributed by atoms with E-state index in [9.17, 15) is 14.7 Å². The molecular formula is C25H35NO4. The van der Waals surface area contributed by atoms with Gasteiger partial charge in [-0.2, -0.15) is 0 Å². The number of ether oxygens (including phenoxy) is 1. The predicted octanol–water partition coefficient (Wildman–Crippen LogP) is 5.10. The molecule has 1 aliphatic rings. The van der Waals surface area contributed by atoms with Crippen LogP contribution in [0.3, 0.4) is 0 Å². The fraction of sp³-hybridized carbons (Fsp3) is 0.440. The van der Waals surface area contributed by atoms with Gasteiger partial charge in [-0.3, -0.25) is 4.79 Å². The number of aliphatic hydroxyl groups is 1. The maximum absolute atomic E-state index is 12.8. The third-order valence-corrected chi connectivity index (χ3v) is 4.53. The minimum Gasteiger partial charge on any atom is -0.462 e. The Labute approximate surface area is 180 Å². The summed E-state index contributed by atoms with van der Waals surface area (Å²) in [5, 5.41) is 9.70. The van der Waals surface area contributed by atoms with Gasteiger partial charge in [0, 0.05) is 18.7 Å². The van der Waals surface area contributed by atoms with Gasteiger partial charge in [-0.1, -0.05) is 57.5 Å². The van der Waals surface area contributed by atoms with Crippen LogP contribution in [0.4, 0.5) is 0 Å². The number of nitrogens with zero attached hydrogens (tertiary/aromatic N) is 1. The van der Waals surface area contributed by atoms with Crippen molar-refractivity contribution in [2.24, 2.45) is 0 Å². The molecule has 30 heavy (non-hydrogen) atoms. The summed E-state index contributed by atoms with van der Waals surface area (Å²) in [5.41, 5.74) is 3.64. The smallest absolute Gasteiger partial charge is 0.338 e. The van der Waals surface area contributed by atoms with Crippen molar-refractivity contribution in [1.82, 2.24) is 4.90 Å². The van der Waals surface area contributed by atoms with Crippen LogP contribution >= 0.6 is 0 Å². The second-order valence-electron chi connectivity index (χ2n) is 6.58. The van der Waals surface area contributed by atoms with E-state index in [4.69, 9.17) is 4.74 Å². The molecule has 0 spiro atoms. The van der Waals surface area contributed by atoms with Crippen LogP contribution in [-0.2, 0) is 4.74 Å². The van der Waals surface area contributed by atoms with Gasteiger partial charge in [0.25, 0.3) is 5.91 Å². The Bertz CT molecular complexity index is 814. The third-order valence-electron chi connectivity index (χ3n) is 4.53. The summed E-state index contributed by atoms with van der Waals surface area (Å²) in [6, 6.07) is 13.0. The Morgan fingerprint density at radius 2 is 1.60 bits per heavy atom. The molecule has 3 rings (SSSR count). The standard InChI is InChI=1S/C21H23NO4.2C2H6/c1-3-26-21(25)18-11-16(15-6-4-14(2)5-7-15)10-17(12-18)20(24)22-9-8-19(23)13-22;2*1-2/h4-7,10-12,19,23H,3,8-9,13H2,1-2H3;2*1-2H3. The van der Waals surface area contributed by atoms with Crippen LogP contribution in [0.1, 0.15) is 67.3 Å². The normalized spacial score (nSPS) is 14.8. The Balaban J connectivity index is 0.00000106. The maximum Gasteiger partial charge on any atom is 0.338 e. The molecule has 1 amide bonds. The minimum atomic E-state index is -0.483. The van der Waals surface area contributed by atoms with E-state index in [1.807, 2.05) is 58.9 Å². The fourth-order valence-corrected chi connectivity index (χ4v) is 3.10. The molecule has 1 unspecified atom stereocenters. The molecule has 2 aromatic rings. The van der Waals surface area contributed by atoms with Gasteiger partial charge in [0.15, 0.2) is 0 Å². The van der Waals surface area contributed by atoms with Crippen molar-refractivity contribution in [1.29, 1.82) is 0 Å². The number of benzene rings is 2. The number of carbonyl (C=O) groups is 2. The van der Waals surface area contributed by atoms with Gasteiger partial charge in [-0.15, -0.1) is 0 Å². The average Bonchev–Trinajstić information content (AvgIpc) is 3.22. The SMILES string of the molecule is CC.CC.CCOC(=O)c1cc(C(=O)N2CCC(O)C2)cc(-c2ccc(C)cc2)c1. The molecule has 5 heteroatoms. The van der Waals surface area contributed by atoms with Gasteiger partial charge >= 0.3 is 5.97 Å². The first kappa shape index (κ1) is 25.4. The zero-order valence-electron chi connectivity index (χ0n) is 19.1. The van der Waals surface area contributed by atoms with Gasteiger partial charge in [-0.25, -0.2) is 4.79 Å². The minimum absolute atomic E-state index is 0.180. The molecule has 1 aliphatic heterocycles. The molecule has 1 fully saturated rings. The first-order valence-electron chi connectivity index (χ1n) is 10.8. The molecule has 1 N–H and O–H groups in total. The Morgan fingerprint density at radius 1 is 1.00 bits per heavy atom. The van der Waals surface area contributed by atoms with E-state index >= 15 is 0 Å². The van der Waals surface area contributed by atoms with E-state index in [-0.39, 0.29) is 12.5 Å². The van der Waals surface area contributed by atoms with E-state index in [1.54, 1.807) is 30.0 Å². The molecule has 0 saturated carbocycles. The average molecular weight is 414 g/mol. The lowest BCUT2D eigenvalue weighted by molar-refractivity contribution is 0.0526. The quantitative estimate of drug-likeness (QED) is 0.708. The summed E-state index contributed by atoms with van der Waals surface area (Å²) in [5.74, 6) is -0.627. The predicted molar refractivity (Wildman–Crippen MR) is 122 cm³/mol. The van der Waals surface area contributed by atoms with Gasteiger partial charge < -0.3 is 14.7 Å². The van der Waals surface area contributed by atoms with Crippen LogP contribution in [-0.4, -0.2) is 47.7 Å². The summed E-state index contributed by atoms with van der Waals surface area (Å²) in [6.45, 7) is 12.9. The molecule has 2 aromatic carbocycles. The fourth-order valence-electron chi connectivity index (χ4n) is 3.10. The van der Waals surface area contributed by atoms with Gasteiger partial charge in [-0.05, 0) is 49.6 Å². The van der Waals surface area contributed by atoms with Crippen LogP contribution in [0.15, 0.2) is 42.5 Å². The number of amides is 1. The van der Waals surface area contributed by atoms with Crippen molar-refractivity contribution in [2.75, 3.05) is 19.7 Å². The lowest BCUT2D eigenvalue weighted by atomic mass is 9.98. The van der Waals surface area contributed by atoms with E-state index in [2.05, 4.69) is 0 Å². The van der Waals surface area contributed by atoms with Gasteiger partial charge in [0.1, 0.15) is 0 Å². The van der Waals surface area contributed by atoms with Crippen molar-refractivity contribution in [3.05, 3.63) is 59.2 Å². The number of aliphatic hydroxyl groups excluding tert-OH is 1. The first-order valence-corrected chi connectivity index (χ1v) is 10.8. The molecule has 0 bridgehead atoms. The molecular weight excluding hydrogens is 378 g/mol. The summed E-state index contributed by atoms with van der Waals surface area (Å²) in [6.07, 6.45) is 0.0949. The topological polar surface area (TPSA) is 66.8 Å².